The number of carbonyl (C=O) groups is 1. The molecule has 0 saturated carbocycles. The smallest absolute Gasteiger partial charge is 0.360 e. The molecular weight excluding hydrogens is 174 g/mol. The molecule has 0 bridgehead atoms. The normalized spacial score (nSPS) is 10.5. The second-order valence-electron chi connectivity index (χ2n) is 2.50. The average molecular weight is 179 g/mol. The Hall–Kier alpha value is -1.98. The van der Waals surface area contributed by atoms with E-state index in [1.807, 2.05) is 0 Å². The van der Waals surface area contributed by atoms with E-state index >= 15 is 0 Å². The minimum absolute atomic E-state index is 0.150. The summed E-state index contributed by atoms with van der Waals surface area (Å²) in [7, 11) is 0. The zero-order chi connectivity index (χ0) is 9.42. The molecule has 0 amide bonds. The van der Waals surface area contributed by atoms with Crippen molar-refractivity contribution in [3.8, 4) is 0 Å². The topological polar surface area (TPSA) is 89.1 Å². The van der Waals surface area contributed by atoms with Gasteiger partial charge in [0.25, 0.3) is 5.71 Å². The van der Waals surface area contributed by atoms with Crippen molar-refractivity contribution in [3.05, 3.63) is 17.6 Å². The van der Waals surface area contributed by atoms with Crippen LogP contribution in [0, 0.1) is 6.92 Å². The number of hydrogen-bond donors (Lipinski definition) is 1. The standard InChI is InChI=1S/C7H5N3O3/c1-3-2-8-4-5(7(11)12)10-13-6(4)9-3/h2H,1H3,(H,11,12). The molecule has 0 fully saturated rings. The molecule has 0 aromatic carbocycles. The van der Waals surface area contributed by atoms with E-state index in [0.29, 0.717) is 5.69 Å². The molecule has 0 saturated heterocycles. The zero-order valence-electron chi connectivity index (χ0n) is 6.68. The van der Waals surface area contributed by atoms with Crippen LogP contribution >= 0.6 is 0 Å². The van der Waals surface area contributed by atoms with Crippen LogP contribution in [-0.4, -0.2) is 26.2 Å². The van der Waals surface area contributed by atoms with Crippen molar-refractivity contribution in [3.63, 3.8) is 0 Å². The third-order valence-electron chi connectivity index (χ3n) is 1.51. The van der Waals surface area contributed by atoms with Crippen LogP contribution in [0.15, 0.2) is 10.7 Å². The number of nitrogens with zero attached hydrogens (tertiary/aromatic N) is 3. The molecule has 0 aliphatic rings. The van der Waals surface area contributed by atoms with Gasteiger partial charge in [0.15, 0.2) is 5.52 Å². The molecule has 0 atom stereocenters. The van der Waals surface area contributed by atoms with Gasteiger partial charge in [0.05, 0.1) is 5.69 Å². The Labute approximate surface area is 72.2 Å². The van der Waals surface area contributed by atoms with Crippen LogP contribution in [0.4, 0.5) is 0 Å². The largest absolute Gasteiger partial charge is 0.476 e. The number of hydrogen-bond acceptors (Lipinski definition) is 5. The van der Waals surface area contributed by atoms with E-state index < -0.39 is 5.97 Å². The summed E-state index contributed by atoms with van der Waals surface area (Å²) in [6, 6.07) is 0. The summed E-state index contributed by atoms with van der Waals surface area (Å²) in [6.45, 7) is 1.73. The van der Waals surface area contributed by atoms with Gasteiger partial charge < -0.3 is 9.63 Å². The molecule has 66 valence electrons. The van der Waals surface area contributed by atoms with E-state index in [4.69, 9.17) is 5.11 Å². The lowest BCUT2D eigenvalue weighted by molar-refractivity contribution is 0.0687. The van der Waals surface area contributed by atoms with Gasteiger partial charge in [-0.15, -0.1) is 0 Å². The lowest BCUT2D eigenvalue weighted by atomic mass is 10.4. The van der Waals surface area contributed by atoms with Crippen LogP contribution in [-0.2, 0) is 0 Å². The Morgan fingerprint density at radius 3 is 3.08 bits per heavy atom. The fourth-order valence-electron chi connectivity index (χ4n) is 0.954. The Bertz CT molecular complexity index is 477. The van der Waals surface area contributed by atoms with E-state index in [0.717, 1.165) is 0 Å². The number of aromatic nitrogens is 3. The minimum atomic E-state index is -1.17. The van der Waals surface area contributed by atoms with Gasteiger partial charge in [-0.3, -0.25) is 0 Å². The summed E-state index contributed by atoms with van der Waals surface area (Å²) in [4.78, 5) is 18.4. The predicted molar refractivity (Wildman–Crippen MR) is 41.3 cm³/mol. The van der Waals surface area contributed by atoms with E-state index in [9.17, 15) is 4.79 Å². The lowest BCUT2D eigenvalue weighted by Gasteiger charge is -1.88. The monoisotopic (exact) mass is 179 g/mol. The summed E-state index contributed by atoms with van der Waals surface area (Å²) in [5, 5.41) is 12.0. The number of rotatable bonds is 1. The highest BCUT2D eigenvalue weighted by Gasteiger charge is 2.16. The van der Waals surface area contributed by atoms with Crippen molar-refractivity contribution in [2.45, 2.75) is 6.92 Å². The van der Waals surface area contributed by atoms with Gasteiger partial charge in [0.2, 0.25) is 5.69 Å². The van der Waals surface area contributed by atoms with Crippen LogP contribution in [0.25, 0.3) is 11.2 Å². The quantitative estimate of drug-likeness (QED) is 0.690. The Balaban J connectivity index is 2.76. The number of aryl methyl sites for hydroxylation is 1. The Morgan fingerprint density at radius 2 is 2.38 bits per heavy atom. The molecule has 0 unspecified atom stereocenters. The van der Waals surface area contributed by atoms with Gasteiger partial charge in [-0.2, -0.15) is 0 Å². The Kier molecular flexibility index (Phi) is 1.48. The fourth-order valence-corrected chi connectivity index (χ4v) is 0.954. The second-order valence-corrected chi connectivity index (χ2v) is 2.50. The van der Waals surface area contributed by atoms with E-state index in [-0.39, 0.29) is 16.9 Å². The van der Waals surface area contributed by atoms with Crippen LogP contribution in [0.2, 0.25) is 0 Å². The van der Waals surface area contributed by atoms with Crippen molar-refractivity contribution in [2.24, 2.45) is 0 Å². The molecule has 2 heterocycles. The highest BCUT2D eigenvalue weighted by atomic mass is 16.5. The van der Waals surface area contributed by atoms with Gasteiger partial charge in [-0.05, 0) is 6.92 Å². The molecule has 13 heavy (non-hydrogen) atoms. The van der Waals surface area contributed by atoms with Gasteiger partial charge in [-0.25, -0.2) is 14.8 Å². The van der Waals surface area contributed by atoms with E-state index in [1.54, 1.807) is 6.92 Å². The van der Waals surface area contributed by atoms with Crippen molar-refractivity contribution >= 4 is 17.2 Å². The fraction of sp³-hybridized carbons (Fsp3) is 0.143. The van der Waals surface area contributed by atoms with E-state index in [1.165, 1.54) is 6.20 Å². The second kappa shape index (κ2) is 2.51. The number of fused-ring (bicyclic) bond motifs is 1. The van der Waals surface area contributed by atoms with Crippen molar-refractivity contribution in [2.75, 3.05) is 0 Å². The molecule has 0 aliphatic heterocycles. The number of carboxylic acids is 1. The van der Waals surface area contributed by atoms with Crippen molar-refractivity contribution in [1.29, 1.82) is 0 Å². The van der Waals surface area contributed by atoms with Gasteiger partial charge in [0.1, 0.15) is 0 Å². The minimum Gasteiger partial charge on any atom is -0.476 e. The summed E-state index contributed by atoms with van der Waals surface area (Å²) in [6.07, 6.45) is 1.46. The van der Waals surface area contributed by atoms with Gasteiger partial charge in [0, 0.05) is 6.20 Å². The maximum atomic E-state index is 10.6. The predicted octanol–water partition coefficient (Wildman–Crippen LogP) is 0.624. The third kappa shape index (κ3) is 1.12. The molecule has 2 rings (SSSR count). The van der Waals surface area contributed by atoms with Crippen molar-refractivity contribution in [1.82, 2.24) is 15.1 Å². The number of aromatic carboxylic acids is 1. The van der Waals surface area contributed by atoms with E-state index in [2.05, 4.69) is 19.6 Å². The molecule has 2 aromatic rings. The summed E-state index contributed by atoms with van der Waals surface area (Å²) >= 11 is 0. The molecule has 0 aliphatic carbocycles. The third-order valence-corrected chi connectivity index (χ3v) is 1.51. The SMILES string of the molecule is Cc1cnc2c(C(=O)O)noc2n1. The zero-order valence-corrected chi connectivity index (χ0v) is 6.68. The highest BCUT2D eigenvalue weighted by molar-refractivity contribution is 5.97. The van der Waals surface area contributed by atoms with Crippen molar-refractivity contribution < 1.29 is 14.4 Å². The number of carboxylic acid groups (broad SMARTS) is 1. The summed E-state index contributed by atoms with van der Waals surface area (Å²) in [5.74, 6) is -1.17. The molecule has 0 radical (unpaired) electrons. The van der Waals surface area contributed by atoms with Crippen LogP contribution in [0.1, 0.15) is 16.2 Å². The van der Waals surface area contributed by atoms with Crippen LogP contribution in [0.5, 0.6) is 0 Å². The summed E-state index contributed by atoms with van der Waals surface area (Å²) in [5.41, 5.74) is 0.776. The molecule has 2 aromatic heterocycles. The highest BCUT2D eigenvalue weighted by Crippen LogP contribution is 2.13. The first-order valence-corrected chi connectivity index (χ1v) is 3.51. The molecule has 0 spiro atoms. The maximum Gasteiger partial charge on any atom is 0.360 e. The first kappa shape index (κ1) is 7.66. The lowest BCUT2D eigenvalue weighted by Crippen LogP contribution is -1.97. The molecule has 1 N–H and O–H groups in total. The first-order chi connectivity index (χ1) is 6.18. The maximum absolute atomic E-state index is 10.6. The molecule has 6 heteroatoms. The Morgan fingerprint density at radius 1 is 1.62 bits per heavy atom. The van der Waals surface area contributed by atoms with Crippen LogP contribution < -0.4 is 0 Å². The van der Waals surface area contributed by atoms with Gasteiger partial charge >= 0.3 is 5.97 Å². The first-order valence-electron chi connectivity index (χ1n) is 3.51. The molecule has 6 nitrogen and oxygen atoms in total. The summed E-state index contributed by atoms with van der Waals surface area (Å²) < 4.78 is 4.69. The molecular formula is C7H5N3O3. The van der Waals surface area contributed by atoms with Gasteiger partial charge in [-0.1, -0.05) is 5.16 Å². The average Bonchev–Trinajstić information content (AvgIpc) is 2.46. The van der Waals surface area contributed by atoms with Crippen LogP contribution in [0.3, 0.4) is 0 Å².